The largest absolute Gasteiger partial charge is 0.481 e. The molecule has 2 aromatic carbocycles. The number of carbonyl (C=O) groups is 1. The number of hydrogen-bond donors (Lipinski definition) is 1. The Balaban J connectivity index is 1.26. The summed E-state index contributed by atoms with van der Waals surface area (Å²) in [6.45, 7) is 1.91. The Hall–Kier alpha value is -3.32. The van der Waals surface area contributed by atoms with Gasteiger partial charge in [-0.15, -0.1) is 0 Å². The monoisotopic (exact) mass is 447 g/mol. The number of carboxylic acid groups (broad SMARTS) is 1. The summed E-state index contributed by atoms with van der Waals surface area (Å²) >= 11 is 0. The first-order valence-electron chi connectivity index (χ1n) is 11.3. The molecule has 7 heteroatoms. The summed E-state index contributed by atoms with van der Waals surface area (Å²) in [5.41, 5.74) is 2.76. The second kappa shape index (κ2) is 8.90. The van der Waals surface area contributed by atoms with Gasteiger partial charge in [0.05, 0.1) is 5.92 Å². The first kappa shape index (κ1) is 21.5. The maximum Gasteiger partial charge on any atom is 0.309 e. The van der Waals surface area contributed by atoms with E-state index in [0.717, 1.165) is 48.9 Å². The van der Waals surface area contributed by atoms with Crippen LogP contribution in [0.15, 0.2) is 59.1 Å². The van der Waals surface area contributed by atoms with Crippen molar-refractivity contribution in [2.75, 3.05) is 13.1 Å². The fourth-order valence-corrected chi connectivity index (χ4v) is 4.88. The van der Waals surface area contributed by atoms with E-state index >= 15 is 0 Å². The number of nitrogens with zero attached hydrogens (tertiary/aromatic N) is 3. The fraction of sp³-hybridized carbons (Fsp3) is 0.346. The molecule has 1 aliphatic carbocycles. The van der Waals surface area contributed by atoms with Gasteiger partial charge in [0.2, 0.25) is 5.82 Å². The van der Waals surface area contributed by atoms with Crippen molar-refractivity contribution in [2.24, 2.45) is 5.92 Å². The molecule has 0 atom stereocenters. The summed E-state index contributed by atoms with van der Waals surface area (Å²) in [6, 6.07) is 14.8. The van der Waals surface area contributed by atoms with E-state index in [1.807, 2.05) is 36.4 Å². The van der Waals surface area contributed by atoms with Crippen LogP contribution in [0.25, 0.3) is 17.5 Å². The number of carboxylic acids is 1. The minimum atomic E-state index is -0.724. The molecule has 6 nitrogen and oxygen atoms in total. The van der Waals surface area contributed by atoms with Gasteiger partial charge in [-0.3, -0.25) is 9.69 Å². The van der Waals surface area contributed by atoms with E-state index in [1.54, 1.807) is 12.1 Å². The number of aromatic nitrogens is 2. The molecule has 1 aromatic heterocycles. The summed E-state index contributed by atoms with van der Waals surface area (Å²) < 4.78 is 19.3. The number of rotatable bonds is 7. The Morgan fingerprint density at radius 2 is 1.94 bits per heavy atom. The SMILES string of the molecule is O=C(O)C1CN(Cc2ccc(-c3noc(/C=C/C4(c5cccc(F)c5)CCCC4)n3)cc2)C1. The highest BCUT2D eigenvalue weighted by molar-refractivity contribution is 5.71. The highest BCUT2D eigenvalue weighted by Crippen LogP contribution is 2.43. The van der Waals surface area contributed by atoms with Crippen molar-refractivity contribution < 1.29 is 18.8 Å². The van der Waals surface area contributed by atoms with Crippen molar-refractivity contribution in [1.82, 2.24) is 15.0 Å². The molecule has 2 heterocycles. The van der Waals surface area contributed by atoms with E-state index in [2.05, 4.69) is 21.1 Å². The lowest BCUT2D eigenvalue weighted by Crippen LogP contribution is -2.49. The molecule has 3 aromatic rings. The summed E-state index contributed by atoms with van der Waals surface area (Å²) in [5, 5.41) is 13.1. The second-order valence-corrected chi connectivity index (χ2v) is 9.09. The Bertz CT molecular complexity index is 1160. The first-order chi connectivity index (χ1) is 16.0. The van der Waals surface area contributed by atoms with Crippen LogP contribution in [-0.4, -0.2) is 39.2 Å². The van der Waals surface area contributed by atoms with Gasteiger partial charge in [-0.1, -0.05) is 60.5 Å². The molecule has 0 bridgehead atoms. The molecule has 1 N–H and O–H groups in total. The summed E-state index contributed by atoms with van der Waals surface area (Å²) in [6.07, 6.45) is 8.10. The zero-order valence-corrected chi connectivity index (χ0v) is 18.3. The van der Waals surface area contributed by atoms with Gasteiger partial charge in [0.1, 0.15) is 5.82 Å². The van der Waals surface area contributed by atoms with Crippen LogP contribution in [0.1, 0.15) is 42.7 Å². The van der Waals surface area contributed by atoms with Crippen LogP contribution < -0.4 is 0 Å². The molecule has 2 aliphatic rings. The van der Waals surface area contributed by atoms with Crippen molar-refractivity contribution in [1.29, 1.82) is 0 Å². The van der Waals surface area contributed by atoms with Gasteiger partial charge in [0.15, 0.2) is 0 Å². The number of likely N-dealkylation sites (tertiary alicyclic amines) is 1. The van der Waals surface area contributed by atoms with Gasteiger partial charge in [-0.2, -0.15) is 4.98 Å². The summed E-state index contributed by atoms with van der Waals surface area (Å²) in [7, 11) is 0. The Morgan fingerprint density at radius 3 is 2.64 bits per heavy atom. The molecule has 0 radical (unpaired) electrons. The molecule has 5 rings (SSSR count). The zero-order chi connectivity index (χ0) is 22.8. The third-order valence-corrected chi connectivity index (χ3v) is 6.81. The predicted octanol–water partition coefficient (Wildman–Crippen LogP) is 4.92. The van der Waals surface area contributed by atoms with Crippen molar-refractivity contribution in [3.63, 3.8) is 0 Å². The molecular formula is C26H26FN3O3. The molecule has 33 heavy (non-hydrogen) atoms. The van der Waals surface area contributed by atoms with Crippen LogP contribution in [0.2, 0.25) is 0 Å². The van der Waals surface area contributed by atoms with Crippen LogP contribution >= 0.6 is 0 Å². The average Bonchev–Trinajstić information content (AvgIpc) is 3.45. The van der Waals surface area contributed by atoms with E-state index in [-0.39, 0.29) is 17.2 Å². The minimum absolute atomic E-state index is 0.200. The molecule has 0 unspecified atom stereocenters. The minimum Gasteiger partial charge on any atom is -0.481 e. The van der Waals surface area contributed by atoms with Gasteiger partial charge >= 0.3 is 5.97 Å². The maximum atomic E-state index is 13.8. The van der Waals surface area contributed by atoms with Gasteiger partial charge in [0, 0.05) is 36.7 Å². The van der Waals surface area contributed by atoms with Crippen LogP contribution in [-0.2, 0) is 16.8 Å². The lowest BCUT2D eigenvalue weighted by molar-refractivity contribution is -0.147. The third kappa shape index (κ3) is 4.59. The molecule has 1 saturated heterocycles. The van der Waals surface area contributed by atoms with Crippen molar-refractivity contribution in [3.8, 4) is 11.4 Å². The predicted molar refractivity (Wildman–Crippen MR) is 122 cm³/mol. The van der Waals surface area contributed by atoms with E-state index in [9.17, 15) is 9.18 Å². The van der Waals surface area contributed by atoms with E-state index in [1.165, 1.54) is 6.07 Å². The lowest BCUT2D eigenvalue weighted by atomic mass is 9.78. The topological polar surface area (TPSA) is 79.5 Å². The van der Waals surface area contributed by atoms with E-state index < -0.39 is 5.97 Å². The molecular weight excluding hydrogens is 421 g/mol. The fourth-order valence-electron chi connectivity index (χ4n) is 4.88. The maximum absolute atomic E-state index is 13.8. The standard InChI is InChI=1S/C26H26FN3O3/c27-22-5-3-4-21(14-22)26(11-1-2-12-26)13-10-23-28-24(29-33-23)19-8-6-18(7-9-19)15-30-16-20(17-30)25(31)32/h3-10,13-14,20H,1-2,11-12,15-17H2,(H,31,32)/b13-10+. The summed E-state index contributed by atoms with van der Waals surface area (Å²) in [4.78, 5) is 17.6. The highest BCUT2D eigenvalue weighted by Gasteiger charge is 2.34. The average molecular weight is 448 g/mol. The second-order valence-electron chi connectivity index (χ2n) is 9.09. The number of aliphatic carboxylic acids is 1. The van der Waals surface area contributed by atoms with Crippen LogP contribution in [0.4, 0.5) is 4.39 Å². The van der Waals surface area contributed by atoms with Crippen LogP contribution in [0.3, 0.4) is 0 Å². The van der Waals surface area contributed by atoms with Gasteiger partial charge in [-0.25, -0.2) is 4.39 Å². The highest BCUT2D eigenvalue weighted by atomic mass is 19.1. The molecule has 0 amide bonds. The third-order valence-electron chi connectivity index (χ3n) is 6.81. The number of benzene rings is 2. The van der Waals surface area contributed by atoms with Crippen LogP contribution in [0.5, 0.6) is 0 Å². The van der Waals surface area contributed by atoms with E-state index in [4.69, 9.17) is 9.63 Å². The Labute approximate surface area is 191 Å². The number of halogens is 1. The van der Waals surface area contributed by atoms with Crippen LogP contribution in [0, 0.1) is 11.7 Å². The van der Waals surface area contributed by atoms with Gasteiger partial charge < -0.3 is 9.63 Å². The Morgan fingerprint density at radius 1 is 1.18 bits per heavy atom. The smallest absolute Gasteiger partial charge is 0.309 e. The lowest BCUT2D eigenvalue weighted by Gasteiger charge is -2.36. The molecule has 170 valence electrons. The van der Waals surface area contributed by atoms with Crippen molar-refractivity contribution in [2.45, 2.75) is 37.6 Å². The molecule has 1 saturated carbocycles. The number of hydrogen-bond acceptors (Lipinski definition) is 5. The molecule has 0 spiro atoms. The Kier molecular flexibility index (Phi) is 5.81. The quantitative estimate of drug-likeness (QED) is 0.554. The molecule has 1 aliphatic heterocycles. The number of allylic oxidation sites excluding steroid dienone is 1. The van der Waals surface area contributed by atoms with Gasteiger partial charge in [0.25, 0.3) is 5.89 Å². The van der Waals surface area contributed by atoms with Crippen molar-refractivity contribution in [3.05, 3.63) is 77.4 Å². The van der Waals surface area contributed by atoms with Gasteiger partial charge in [-0.05, 0) is 36.1 Å². The van der Waals surface area contributed by atoms with E-state index in [0.29, 0.717) is 24.8 Å². The normalized spacial score (nSPS) is 18.6. The zero-order valence-electron chi connectivity index (χ0n) is 18.3. The molecule has 2 fully saturated rings. The summed E-state index contributed by atoms with van der Waals surface area (Å²) in [5.74, 6) is -0.247. The van der Waals surface area contributed by atoms with Crippen molar-refractivity contribution >= 4 is 12.0 Å². The first-order valence-corrected chi connectivity index (χ1v) is 11.3.